The predicted molar refractivity (Wildman–Crippen MR) is 125 cm³/mol. The molecule has 1 saturated heterocycles. The van der Waals surface area contributed by atoms with Crippen molar-refractivity contribution in [1.29, 1.82) is 0 Å². The molecule has 2 amide bonds. The number of aryl methyl sites for hydroxylation is 1. The van der Waals surface area contributed by atoms with E-state index in [0.717, 1.165) is 35.5 Å². The van der Waals surface area contributed by atoms with Crippen molar-refractivity contribution >= 4 is 23.6 Å². The normalized spacial score (nSPS) is 16.3. The van der Waals surface area contributed by atoms with Crippen molar-refractivity contribution in [2.24, 2.45) is 5.92 Å². The molecule has 3 heterocycles. The maximum absolute atomic E-state index is 13.3. The molecule has 4 rings (SSSR count). The van der Waals surface area contributed by atoms with Crippen molar-refractivity contribution in [3.63, 3.8) is 0 Å². The van der Waals surface area contributed by atoms with Gasteiger partial charge in [0, 0.05) is 55.3 Å². The molecular weight excluding hydrogens is 424 g/mol. The van der Waals surface area contributed by atoms with E-state index in [4.69, 9.17) is 9.84 Å². The van der Waals surface area contributed by atoms with Crippen LogP contribution in [-0.2, 0) is 29.0 Å². The Bertz CT molecular complexity index is 938. The van der Waals surface area contributed by atoms with E-state index in [1.165, 1.54) is 0 Å². The summed E-state index contributed by atoms with van der Waals surface area (Å²) in [7, 11) is 0. The van der Waals surface area contributed by atoms with Gasteiger partial charge in [0.1, 0.15) is 0 Å². The quantitative estimate of drug-likeness (QED) is 0.599. The second kappa shape index (κ2) is 10.5. The number of ether oxygens (including phenoxy) is 1. The van der Waals surface area contributed by atoms with Crippen LogP contribution in [0.2, 0.25) is 0 Å². The zero-order valence-electron chi connectivity index (χ0n) is 19.0. The highest BCUT2D eigenvalue weighted by Crippen LogP contribution is 2.26. The fourth-order valence-electron chi connectivity index (χ4n) is 4.11. The van der Waals surface area contributed by atoms with Crippen molar-refractivity contribution in [3.8, 4) is 0 Å². The maximum Gasteiger partial charge on any atom is 0.274 e. The second-order valence-corrected chi connectivity index (χ2v) is 9.80. The highest BCUT2D eigenvalue weighted by molar-refractivity contribution is 8.00. The Balaban J connectivity index is 1.51. The third-order valence-electron chi connectivity index (χ3n) is 6.01. The number of hydrogen-bond donors (Lipinski definition) is 0. The van der Waals surface area contributed by atoms with Gasteiger partial charge in [-0.25, -0.2) is 0 Å². The van der Waals surface area contributed by atoms with Crippen molar-refractivity contribution in [2.45, 2.75) is 44.7 Å². The first kappa shape index (κ1) is 22.9. The molecule has 0 unspecified atom stereocenters. The molecule has 1 aromatic heterocycles. The van der Waals surface area contributed by atoms with Crippen molar-refractivity contribution in [2.75, 3.05) is 38.6 Å². The molecule has 8 heteroatoms. The van der Waals surface area contributed by atoms with Gasteiger partial charge < -0.3 is 14.5 Å². The third-order valence-corrected chi connectivity index (χ3v) is 7.01. The van der Waals surface area contributed by atoms with Crippen LogP contribution in [0.5, 0.6) is 0 Å². The van der Waals surface area contributed by atoms with E-state index in [1.54, 1.807) is 11.8 Å². The van der Waals surface area contributed by atoms with E-state index in [9.17, 15) is 9.59 Å². The molecule has 0 atom stereocenters. The zero-order valence-corrected chi connectivity index (χ0v) is 19.8. The molecule has 0 saturated carbocycles. The van der Waals surface area contributed by atoms with Gasteiger partial charge in [0.25, 0.3) is 5.91 Å². The monoisotopic (exact) mass is 456 g/mol. The molecule has 0 spiro atoms. The Kier molecular flexibility index (Phi) is 7.52. The van der Waals surface area contributed by atoms with Gasteiger partial charge in [-0.1, -0.05) is 32.0 Å². The summed E-state index contributed by atoms with van der Waals surface area (Å²) in [6.45, 7) is 8.60. The number of hydrogen-bond acceptors (Lipinski definition) is 5. The first-order valence-corrected chi connectivity index (χ1v) is 12.4. The number of fused-ring (bicyclic) bond motifs is 1. The summed E-state index contributed by atoms with van der Waals surface area (Å²) < 4.78 is 7.42. The average molecular weight is 457 g/mol. The van der Waals surface area contributed by atoms with Crippen molar-refractivity contribution in [1.82, 2.24) is 19.6 Å². The zero-order chi connectivity index (χ0) is 22.5. The van der Waals surface area contributed by atoms with Crippen LogP contribution in [0.15, 0.2) is 35.2 Å². The number of amides is 2. The lowest BCUT2D eigenvalue weighted by molar-refractivity contribution is -0.129. The molecule has 1 aromatic carbocycles. The van der Waals surface area contributed by atoms with Crippen LogP contribution < -0.4 is 0 Å². The molecule has 0 N–H and O–H groups in total. The van der Waals surface area contributed by atoms with E-state index >= 15 is 0 Å². The number of morpholine rings is 1. The molecular formula is C24H32N4O3S. The Labute approximate surface area is 194 Å². The summed E-state index contributed by atoms with van der Waals surface area (Å²) >= 11 is 1.55. The Morgan fingerprint density at radius 2 is 1.84 bits per heavy atom. The number of thioether (sulfide) groups is 1. The number of carbonyl (C=O) groups is 2. The number of rotatable bonds is 7. The average Bonchev–Trinajstić information content (AvgIpc) is 3.19. The summed E-state index contributed by atoms with van der Waals surface area (Å²) in [5, 5.41) is 4.77. The van der Waals surface area contributed by atoms with Crippen LogP contribution in [0.4, 0.5) is 0 Å². The molecule has 2 aliphatic rings. The van der Waals surface area contributed by atoms with Gasteiger partial charge in [-0.05, 0) is 24.5 Å². The summed E-state index contributed by atoms with van der Waals surface area (Å²) in [5.74, 6) is 1.02. The summed E-state index contributed by atoms with van der Waals surface area (Å²) in [4.78, 5) is 31.0. The molecule has 1 fully saturated rings. The highest BCUT2D eigenvalue weighted by Gasteiger charge is 2.32. The van der Waals surface area contributed by atoms with Gasteiger partial charge in [-0.15, -0.1) is 11.8 Å². The Hall–Kier alpha value is -2.32. The standard InChI is InChI=1S/C24H32N4O3S/c1-18(2)8-11-28-21-9-10-27(22(29)17-32-19-6-4-3-5-7-19)16-20(21)23(25-28)24(30)26-12-14-31-15-13-26/h3-7,18H,8-17H2,1-2H3. The van der Waals surface area contributed by atoms with Gasteiger partial charge in [-0.3, -0.25) is 14.3 Å². The first-order chi connectivity index (χ1) is 15.5. The lowest BCUT2D eigenvalue weighted by Crippen LogP contribution is -2.42. The fourth-order valence-corrected chi connectivity index (χ4v) is 4.93. The first-order valence-electron chi connectivity index (χ1n) is 11.4. The molecule has 0 bridgehead atoms. The fraction of sp³-hybridized carbons (Fsp3) is 0.542. The minimum atomic E-state index is -0.0409. The van der Waals surface area contributed by atoms with Crippen molar-refractivity contribution in [3.05, 3.63) is 47.3 Å². The van der Waals surface area contributed by atoms with Crippen LogP contribution >= 0.6 is 11.8 Å². The number of benzene rings is 1. The van der Waals surface area contributed by atoms with E-state index in [2.05, 4.69) is 13.8 Å². The van der Waals surface area contributed by atoms with Gasteiger partial charge in [0.05, 0.1) is 19.0 Å². The second-order valence-electron chi connectivity index (χ2n) is 8.75. The highest BCUT2D eigenvalue weighted by atomic mass is 32.2. The number of carbonyl (C=O) groups excluding carboxylic acids is 2. The maximum atomic E-state index is 13.3. The SMILES string of the molecule is CC(C)CCn1nc(C(=O)N2CCOCC2)c2c1CCN(C(=O)CSc1ccccc1)C2. The minimum Gasteiger partial charge on any atom is -0.378 e. The molecule has 7 nitrogen and oxygen atoms in total. The van der Waals surface area contributed by atoms with E-state index in [-0.39, 0.29) is 11.8 Å². The van der Waals surface area contributed by atoms with Crippen LogP contribution in [0.3, 0.4) is 0 Å². The molecule has 0 aliphatic carbocycles. The van der Waals surface area contributed by atoms with E-state index < -0.39 is 0 Å². The number of aromatic nitrogens is 2. The van der Waals surface area contributed by atoms with Crippen LogP contribution in [0.1, 0.15) is 42.0 Å². The van der Waals surface area contributed by atoms with Crippen LogP contribution in [0, 0.1) is 5.92 Å². The van der Waals surface area contributed by atoms with Gasteiger partial charge in [0.15, 0.2) is 5.69 Å². The van der Waals surface area contributed by atoms with Gasteiger partial charge in [-0.2, -0.15) is 5.10 Å². The molecule has 2 aliphatic heterocycles. The Morgan fingerprint density at radius 3 is 2.56 bits per heavy atom. The summed E-state index contributed by atoms with van der Waals surface area (Å²) in [5.41, 5.74) is 2.55. The van der Waals surface area contributed by atoms with E-state index in [0.29, 0.717) is 56.8 Å². The lowest BCUT2D eigenvalue weighted by atomic mass is 10.0. The molecule has 172 valence electrons. The molecule has 0 radical (unpaired) electrons. The lowest BCUT2D eigenvalue weighted by Gasteiger charge is -2.29. The minimum absolute atomic E-state index is 0.0409. The number of nitrogens with zero attached hydrogens (tertiary/aromatic N) is 4. The van der Waals surface area contributed by atoms with E-state index in [1.807, 2.05) is 44.8 Å². The molecule has 32 heavy (non-hydrogen) atoms. The van der Waals surface area contributed by atoms with Crippen LogP contribution in [-0.4, -0.2) is 70.0 Å². The van der Waals surface area contributed by atoms with Gasteiger partial charge in [0.2, 0.25) is 5.91 Å². The summed E-state index contributed by atoms with van der Waals surface area (Å²) in [6, 6.07) is 9.97. The van der Waals surface area contributed by atoms with Crippen molar-refractivity contribution < 1.29 is 14.3 Å². The van der Waals surface area contributed by atoms with Crippen LogP contribution in [0.25, 0.3) is 0 Å². The Morgan fingerprint density at radius 1 is 1.09 bits per heavy atom. The smallest absolute Gasteiger partial charge is 0.274 e. The third kappa shape index (κ3) is 5.35. The molecule has 2 aromatic rings. The van der Waals surface area contributed by atoms with Gasteiger partial charge >= 0.3 is 0 Å². The topological polar surface area (TPSA) is 67.7 Å². The predicted octanol–water partition coefficient (Wildman–Crippen LogP) is 3.08. The summed E-state index contributed by atoms with van der Waals surface area (Å²) in [6.07, 6.45) is 1.74. The largest absolute Gasteiger partial charge is 0.378 e.